The van der Waals surface area contributed by atoms with Gasteiger partial charge in [-0.15, -0.1) is 0 Å². The van der Waals surface area contributed by atoms with Crippen molar-refractivity contribution >= 4 is 22.6 Å². The fourth-order valence-electron chi connectivity index (χ4n) is 1.08. The molecular weight excluding hydrogens is 254 g/mol. The molecule has 0 unspecified atom stereocenters. The van der Waals surface area contributed by atoms with E-state index in [2.05, 4.69) is 0 Å². The van der Waals surface area contributed by atoms with Gasteiger partial charge in [0.15, 0.2) is 0 Å². The maximum atomic E-state index is 13.2. The van der Waals surface area contributed by atoms with E-state index in [1.165, 1.54) is 0 Å². The number of hydrogen-bond donors (Lipinski definition) is 0. The molecule has 2 heteroatoms. The summed E-state index contributed by atoms with van der Waals surface area (Å²) in [5.41, 5.74) is 1.89. The van der Waals surface area contributed by atoms with Crippen molar-refractivity contribution in [2.45, 2.75) is 20.3 Å². The van der Waals surface area contributed by atoms with Gasteiger partial charge in [0.2, 0.25) is 0 Å². The first-order valence-electron chi connectivity index (χ1n) is 3.60. The standard InChI is InChI=1S/C9H10FI/c1-3-7-4-5-8(11)9(10)6(7)2/h4-5H,3H2,1-2H3. The molecule has 11 heavy (non-hydrogen) atoms. The first-order chi connectivity index (χ1) is 5.16. The van der Waals surface area contributed by atoms with Crippen molar-refractivity contribution in [3.05, 3.63) is 32.6 Å². The van der Waals surface area contributed by atoms with Gasteiger partial charge in [-0.05, 0) is 53.1 Å². The minimum absolute atomic E-state index is 0.0649. The molecule has 0 heterocycles. The third-order valence-corrected chi connectivity index (χ3v) is 2.67. The summed E-state index contributed by atoms with van der Waals surface area (Å²) < 4.78 is 13.9. The normalized spacial score (nSPS) is 10.2. The van der Waals surface area contributed by atoms with Crippen LogP contribution in [0, 0.1) is 16.3 Å². The highest BCUT2D eigenvalue weighted by Crippen LogP contribution is 2.18. The molecule has 0 aromatic heterocycles. The molecule has 0 spiro atoms. The summed E-state index contributed by atoms with van der Waals surface area (Å²) in [4.78, 5) is 0. The molecule has 0 bridgehead atoms. The topological polar surface area (TPSA) is 0 Å². The van der Waals surface area contributed by atoms with Gasteiger partial charge in [0.05, 0.1) is 0 Å². The molecule has 1 aromatic carbocycles. The molecule has 0 aliphatic heterocycles. The third kappa shape index (κ3) is 1.72. The van der Waals surface area contributed by atoms with Crippen LogP contribution in [-0.2, 0) is 6.42 Å². The van der Waals surface area contributed by atoms with Crippen LogP contribution in [0.15, 0.2) is 12.1 Å². The first-order valence-corrected chi connectivity index (χ1v) is 4.68. The maximum Gasteiger partial charge on any atom is 0.139 e. The summed E-state index contributed by atoms with van der Waals surface area (Å²) in [6, 6.07) is 3.81. The zero-order valence-corrected chi connectivity index (χ0v) is 8.78. The molecular formula is C9H10FI. The molecule has 0 saturated carbocycles. The minimum atomic E-state index is -0.0649. The van der Waals surface area contributed by atoms with E-state index in [0.29, 0.717) is 3.57 Å². The molecule has 0 amide bonds. The number of halogens is 2. The lowest BCUT2D eigenvalue weighted by Crippen LogP contribution is -1.93. The van der Waals surface area contributed by atoms with E-state index >= 15 is 0 Å². The highest BCUT2D eigenvalue weighted by molar-refractivity contribution is 14.1. The van der Waals surface area contributed by atoms with E-state index in [1.54, 1.807) is 0 Å². The second-order valence-corrected chi connectivity index (χ2v) is 3.66. The van der Waals surface area contributed by atoms with Gasteiger partial charge in [-0.3, -0.25) is 0 Å². The molecule has 0 radical (unpaired) electrons. The Morgan fingerprint density at radius 2 is 2.09 bits per heavy atom. The second kappa shape index (κ2) is 3.52. The predicted octanol–water partition coefficient (Wildman–Crippen LogP) is 3.30. The SMILES string of the molecule is CCc1ccc(I)c(F)c1C. The number of aryl methyl sites for hydroxylation is 1. The summed E-state index contributed by atoms with van der Waals surface area (Å²) in [5, 5.41) is 0. The first kappa shape index (κ1) is 8.97. The Bertz CT molecular complexity index is 269. The molecule has 0 N–H and O–H groups in total. The summed E-state index contributed by atoms with van der Waals surface area (Å²) in [6.45, 7) is 3.87. The highest BCUT2D eigenvalue weighted by Gasteiger charge is 2.05. The van der Waals surface area contributed by atoms with Crippen molar-refractivity contribution in [3.8, 4) is 0 Å². The van der Waals surface area contributed by atoms with Crippen LogP contribution in [0.25, 0.3) is 0 Å². The third-order valence-electron chi connectivity index (χ3n) is 1.83. The van der Waals surface area contributed by atoms with E-state index < -0.39 is 0 Å². The highest BCUT2D eigenvalue weighted by atomic mass is 127. The van der Waals surface area contributed by atoms with Crippen LogP contribution in [0.3, 0.4) is 0 Å². The van der Waals surface area contributed by atoms with Crippen LogP contribution in [0.2, 0.25) is 0 Å². The lowest BCUT2D eigenvalue weighted by Gasteiger charge is -2.04. The maximum absolute atomic E-state index is 13.2. The average molecular weight is 264 g/mol. The van der Waals surface area contributed by atoms with Gasteiger partial charge in [-0.25, -0.2) is 4.39 Å². The molecule has 0 fully saturated rings. The van der Waals surface area contributed by atoms with Gasteiger partial charge < -0.3 is 0 Å². The fraction of sp³-hybridized carbons (Fsp3) is 0.333. The number of hydrogen-bond acceptors (Lipinski definition) is 0. The smallest absolute Gasteiger partial charge is 0.139 e. The Kier molecular flexibility index (Phi) is 2.87. The quantitative estimate of drug-likeness (QED) is 0.683. The van der Waals surface area contributed by atoms with Gasteiger partial charge in [0, 0.05) is 3.57 Å². The van der Waals surface area contributed by atoms with E-state index in [-0.39, 0.29) is 5.82 Å². The lowest BCUT2D eigenvalue weighted by atomic mass is 10.1. The summed E-state index contributed by atoms with van der Waals surface area (Å²) in [7, 11) is 0. The van der Waals surface area contributed by atoms with Crippen LogP contribution in [0.5, 0.6) is 0 Å². The van der Waals surface area contributed by atoms with E-state index in [0.717, 1.165) is 17.5 Å². The molecule has 0 nitrogen and oxygen atoms in total. The van der Waals surface area contributed by atoms with Crippen LogP contribution in [0.1, 0.15) is 18.1 Å². The van der Waals surface area contributed by atoms with Crippen molar-refractivity contribution in [1.82, 2.24) is 0 Å². The molecule has 0 aliphatic carbocycles. The van der Waals surface area contributed by atoms with Crippen LogP contribution in [0.4, 0.5) is 4.39 Å². The summed E-state index contributed by atoms with van der Waals surface area (Å²) in [5.74, 6) is -0.0649. The Balaban J connectivity index is 3.25. The van der Waals surface area contributed by atoms with Gasteiger partial charge in [0.1, 0.15) is 5.82 Å². The van der Waals surface area contributed by atoms with E-state index in [1.807, 2.05) is 48.6 Å². The van der Waals surface area contributed by atoms with Gasteiger partial charge in [-0.1, -0.05) is 13.0 Å². The van der Waals surface area contributed by atoms with Crippen molar-refractivity contribution in [2.75, 3.05) is 0 Å². The van der Waals surface area contributed by atoms with Crippen molar-refractivity contribution in [1.29, 1.82) is 0 Å². The molecule has 0 atom stereocenters. The summed E-state index contributed by atoms with van der Waals surface area (Å²) >= 11 is 2.01. The Labute approximate surface area is 80.0 Å². The fourth-order valence-corrected chi connectivity index (χ4v) is 1.66. The minimum Gasteiger partial charge on any atom is -0.206 e. The zero-order valence-electron chi connectivity index (χ0n) is 6.62. The predicted molar refractivity (Wildman–Crippen MR) is 53.2 cm³/mol. The van der Waals surface area contributed by atoms with Gasteiger partial charge in [0.25, 0.3) is 0 Å². The molecule has 60 valence electrons. The van der Waals surface area contributed by atoms with Crippen LogP contribution >= 0.6 is 22.6 Å². The molecule has 0 aliphatic rings. The van der Waals surface area contributed by atoms with Crippen molar-refractivity contribution in [3.63, 3.8) is 0 Å². The number of rotatable bonds is 1. The van der Waals surface area contributed by atoms with Crippen LogP contribution in [-0.4, -0.2) is 0 Å². The Hall–Kier alpha value is -0.120. The molecule has 1 rings (SSSR count). The Morgan fingerprint density at radius 3 is 2.64 bits per heavy atom. The molecule has 0 saturated heterocycles. The second-order valence-electron chi connectivity index (χ2n) is 2.50. The van der Waals surface area contributed by atoms with Gasteiger partial charge >= 0.3 is 0 Å². The van der Waals surface area contributed by atoms with Crippen LogP contribution < -0.4 is 0 Å². The van der Waals surface area contributed by atoms with E-state index in [9.17, 15) is 4.39 Å². The lowest BCUT2D eigenvalue weighted by molar-refractivity contribution is 0.608. The van der Waals surface area contributed by atoms with E-state index in [4.69, 9.17) is 0 Å². The summed E-state index contributed by atoms with van der Waals surface area (Å²) in [6.07, 6.45) is 0.902. The Morgan fingerprint density at radius 1 is 1.45 bits per heavy atom. The average Bonchev–Trinajstić information content (AvgIpc) is 2.01. The monoisotopic (exact) mass is 264 g/mol. The zero-order chi connectivity index (χ0) is 8.43. The largest absolute Gasteiger partial charge is 0.206 e. The molecule has 1 aromatic rings. The van der Waals surface area contributed by atoms with Gasteiger partial charge in [-0.2, -0.15) is 0 Å². The van der Waals surface area contributed by atoms with Crippen molar-refractivity contribution in [2.24, 2.45) is 0 Å². The van der Waals surface area contributed by atoms with Crippen molar-refractivity contribution < 1.29 is 4.39 Å². The number of benzene rings is 1.